The molecule has 2 heterocycles. The molecule has 24 heavy (non-hydrogen) atoms. The van der Waals surface area contributed by atoms with Crippen LogP contribution >= 0.6 is 0 Å². The Labute approximate surface area is 139 Å². The van der Waals surface area contributed by atoms with Crippen molar-refractivity contribution in [2.75, 3.05) is 18.7 Å². The number of nitrogens with zero attached hydrogens (tertiary/aromatic N) is 2. The number of carbonyl (C=O) groups excluding carboxylic acids is 1. The lowest BCUT2D eigenvalue weighted by Gasteiger charge is -2.17. The first-order valence-electron chi connectivity index (χ1n) is 7.51. The Morgan fingerprint density at radius 2 is 1.92 bits per heavy atom. The number of aliphatic imine (C=N–C) groups is 1. The Morgan fingerprint density at radius 1 is 1.12 bits per heavy atom. The maximum Gasteiger partial charge on any atom is 0.276 e. The van der Waals surface area contributed by atoms with Gasteiger partial charge in [0.1, 0.15) is 5.70 Å². The first kappa shape index (κ1) is 14.3. The molecule has 0 aromatic heterocycles. The van der Waals surface area contributed by atoms with Gasteiger partial charge in [-0.3, -0.25) is 10.1 Å². The zero-order chi connectivity index (χ0) is 16.5. The fourth-order valence-corrected chi connectivity index (χ4v) is 2.55. The van der Waals surface area contributed by atoms with E-state index in [2.05, 4.69) is 10.3 Å². The number of fused-ring (bicyclic) bond motifs is 1. The minimum Gasteiger partial charge on any atom is -0.454 e. The summed E-state index contributed by atoms with van der Waals surface area (Å²) in [4.78, 5) is 18.4. The zero-order valence-corrected chi connectivity index (χ0v) is 13.0. The average Bonchev–Trinajstić information content (AvgIpc) is 3.21. The number of carbonyl (C=O) groups is 1. The van der Waals surface area contributed by atoms with Crippen LogP contribution in [0.1, 0.15) is 5.56 Å². The van der Waals surface area contributed by atoms with Gasteiger partial charge in [-0.25, -0.2) is 4.99 Å². The molecule has 0 saturated carbocycles. The lowest BCUT2D eigenvalue weighted by molar-refractivity contribution is -0.115. The number of anilines is 1. The first-order chi connectivity index (χ1) is 11.7. The van der Waals surface area contributed by atoms with E-state index in [9.17, 15) is 4.79 Å². The molecule has 2 aliphatic heterocycles. The second-order valence-electron chi connectivity index (χ2n) is 5.43. The van der Waals surface area contributed by atoms with Crippen molar-refractivity contribution in [1.82, 2.24) is 5.32 Å². The molecule has 0 atom stereocenters. The minimum absolute atomic E-state index is 0.222. The van der Waals surface area contributed by atoms with Gasteiger partial charge in [-0.15, -0.1) is 0 Å². The Bertz CT molecular complexity index is 859. The summed E-state index contributed by atoms with van der Waals surface area (Å²) in [5.74, 6) is 1.65. The van der Waals surface area contributed by atoms with Gasteiger partial charge < -0.3 is 14.4 Å². The van der Waals surface area contributed by atoms with E-state index in [4.69, 9.17) is 9.47 Å². The van der Waals surface area contributed by atoms with E-state index in [1.54, 1.807) is 6.08 Å². The molecule has 2 aromatic carbocycles. The quantitative estimate of drug-likeness (QED) is 0.863. The molecular weight excluding hydrogens is 306 g/mol. The lowest BCUT2D eigenvalue weighted by Crippen LogP contribution is -2.37. The minimum atomic E-state index is -0.231. The van der Waals surface area contributed by atoms with Crippen LogP contribution in [0, 0.1) is 0 Å². The van der Waals surface area contributed by atoms with E-state index in [0.717, 1.165) is 11.3 Å². The van der Waals surface area contributed by atoms with Crippen LogP contribution in [0.5, 0.6) is 11.5 Å². The van der Waals surface area contributed by atoms with Crippen molar-refractivity contribution in [3.05, 3.63) is 59.8 Å². The smallest absolute Gasteiger partial charge is 0.276 e. The molecule has 1 amide bonds. The number of rotatable bonds is 2. The molecule has 0 saturated heterocycles. The van der Waals surface area contributed by atoms with Crippen molar-refractivity contribution >= 4 is 23.6 Å². The monoisotopic (exact) mass is 321 g/mol. The van der Waals surface area contributed by atoms with Gasteiger partial charge in [0, 0.05) is 12.7 Å². The van der Waals surface area contributed by atoms with Crippen molar-refractivity contribution in [2.24, 2.45) is 4.99 Å². The number of guanidine groups is 1. The average molecular weight is 321 g/mol. The zero-order valence-electron chi connectivity index (χ0n) is 13.0. The van der Waals surface area contributed by atoms with E-state index in [-0.39, 0.29) is 12.7 Å². The normalized spacial score (nSPS) is 17.0. The molecule has 6 nitrogen and oxygen atoms in total. The van der Waals surface area contributed by atoms with E-state index in [1.165, 1.54) is 0 Å². The van der Waals surface area contributed by atoms with Gasteiger partial charge in [0.05, 0.1) is 0 Å². The summed E-state index contributed by atoms with van der Waals surface area (Å²) in [6, 6.07) is 15.2. The molecule has 0 spiro atoms. The summed E-state index contributed by atoms with van der Waals surface area (Å²) < 4.78 is 10.6. The van der Waals surface area contributed by atoms with Crippen LogP contribution in [0.4, 0.5) is 5.69 Å². The van der Waals surface area contributed by atoms with Crippen molar-refractivity contribution in [3.8, 4) is 11.5 Å². The number of benzene rings is 2. The SMILES string of the molecule is CN(C1=NC(=Cc2ccc3c(c2)OCO3)C(=O)N1)c1ccccc1. The highest BCUT2D eigenvalue weighted by Crippen LogP contribution is 2.33. The second-order valence-corrected chi connectivity index (χ2v) is 5.43. The molecule has 0 bridgehead atoms. The highest BCUT2D eigenvalue weighted by molar-refractivity contribution is 6.18. The molecule has 0 aliphatic carbocycles. The van der Waals surface area contributed by atoms with Gasteiger partial charge >= 0.3 is 0 Å². The van der Waals surface area contributed by atoms with Gasteiger partial charge in [0.2, 0.25) is 12.8 Å². The number of nitrogens with one attached hydrogen (secondary N) is 1. The summed E-state index contributed by atoms with van der Waals surface area (Å²) in [6.45, 7) is 0.222. The predicted octanol–water partition coefficient (Wildman–Crippen LogP) is 2.38. The van der Waals surface area contributed by atoms with E-state index in [1.807, 2.05) is 60.5 Å². The van der Waals surface area contributed by atoms with E-state index in [0.29, 0.717) is 23.2 Å². The van der Waals surface area contributed by atoms with Crippen LogP contribution in [-0.2, 0) is 4.79 Å². The van der Waals surface area contributed by atoms with Gasteiger partial charge in [0.25, 0.3) is 5.91 Å². The Hall–Kier alpha value is -3.28. The number of ether oxygens (including phenoxy) is 2. The van der Waals surface area contributed by atoms with Gasteiger partial charge in [0.15, 0.2) is 11.5 Å². The van der Waals surface area contributed by atoms with Gasteiger partial charge in [-0.05, 0) is 35.9 Å². The van der Waals surface area contributed by atoms with E-state index < -0.39 is 0 Å². The van der Waals surface area contributed by atoms with Crippen LogP contribution in [-0.4, -0.2) is 25.7 Å². The standard InChI is InChI=1S/C18H15N3O3/c1-21(13-5-3-2-4-6-13)18-19-14(17(22)20-18)9-12-7-8-15-16(10-12)24-11-23-15/h2-10H,11H2,1H3,(H,19,20,22). The van der Waals surface area contributed by atoms with Crippen molar-refractivity contribution in [3.63, 3.8) is 0 Å². The van der Waals surface area contributed by atoms with Gasteiger partial charge in [-0.1, -0.05) is 24.3 Å². The van der Waals surface area contributed by atoms with Crippen LogP contribution in [0.25, 0.3) is 6.08 Å². The third-order valence-electron chi connectivity index (χ3n) is 3.85. The Morgan fingerprint density at radius 3 is 2.75 bits per heavy atom. The molecule has 0 radical (unpaired) electrons. The molecule has 0 fully saturated rings. The van der Waals surface area contributed by atoms with E-state index >= 15 is 0 Å². The number of para-hydroxylation sites is 1. The lowest BCUT2D eigenvalue weighted by atomic mass is 10.1. The molecular formula is C18H15N3O3. The van der Waals surface area contributed by atoms with Gasteiger partial charge in [-0.2, -0.15) is 0 Å². The number of hydrogen-bond acceptors (Lipinski definition) is 5. The Kier molecular flexibility index (Phi) is 3.42. The van der Waals surface area contributed by atoms with Crippen molar-refractivity contribution in [2.45, 2.75) is 0 Å². The first-order valence-corrected chi connectivity index (χ1v) is 7.51. The third-order valence-corrected chi connectivity index (χ3v) is 3.85. The van der Waals surface area contributed by atoms with Crippen LogP contribution in [0.15, 0.2) is 59.2 Å². The van der Waals surface area contributed by atoms with Crippen LogP contribution < -0.4 is 19.7 Å². The topological polar surface area (TPSA) is 63.2 Å². The third kappa shape index (κ3) is 2.58. The summed E-state index contributed by atoms with van der Waals surface area (Å²) >= 11 is 0. The number of hydrogen-bond donors (Lipinski definition) is 1. The fourth-order valence-electron chi connectivity index (χ4n) is 2.55. The molecule has 1 N–H and O–H groups in total. The van der Waals surface area contributed by atoms with Crippen LogP contribution in [0.2, 0.25) is 0 Å². The predicted molar refractivity (Wildman–Crippen MR) is 91.0 cm³/mol. The summed E-state index contributed by atoms with van der Waals surface area (Å²) in [6.07, 6.45) is 1.73. The Balaban J connectivity index is 1.61. The molecule has 6 heteroatoms. The summed E-state index contributed by atoms with van der Waals surface area (Å²) in [5.41, 5.74) is 2.13. The summed E-state index contributed by atoms with van der Waals surface area (Å²) in [5, 5.41) is 2.79. The molecule has 4 rings (SSSR count). The summed E-state index contributed by atoms with van der Waals surface area (Å²) in [7, 11) is 1.86. The molecule has 120 valence electrons. The largest absolute Gasteiger partial charge is 0.454 e. The number of amides is 1. The molecule has 0 unspecified atom stereocenters. The highest BCUT2D eigenvalue weighted by Gasteiger charge is 2.23. The molecule has 2 aliphatic rings. The fraction of sp³-hybridized carbons (Fsp3) is 0.111. The second kappa shape index (κ2) is 5.73. The maximum absolute atomic E-state index is 12.2. The molecule has 2 aromatic rings. The van der Waals surface area contributed by atoms with Crippen molar-refractivity contribution < 1.29 is 14.3 Å². The van der Waals surface area contributed by atoms with Crippen LogP contribution in [0.3, 0.4) is 0 Å². The highest BCUT2D eigenvalue weighted by atomic mass is 16.7. The maximum atomic E-state index is 12.2. The van der Waals surface area contributed by atoms with Crippen molar-refractivity contribution in [1.29, 1.82) is 0 Å².